The molecule has 2 heterocycles. The van der Waals surface area contributed by atoms with Crippen LogP contribution in [0.5, 0.6) is 0 Å². The highest BCUT2D eigenvalue weighted by atomic mass is 19.4. The zero-order valence-corrected chi connectivity index (χ0v) is 17.5. The van der Waals surface area contributed by atoms with Crippen molar-refractivity contribution in [2.45, 2.75) is 25.4 Å². The molecule has 12 heteroatoms. The van der Waals surface area contributed by atoms with E-state index in [1.165, 1.54) is 16.7 Å². The predicted molar refractivity (Wildman–Crippen MR) is 108 cm³/mol. The summed E-state index contributed by atoms with van der Waals surface area (Å²) >= 11 is 0. The Morgan fingerprint density at radius 3 is 2.09 bits per heavy atom. The van der Waals surface area contributed by atoms with Crippen LogP contribution in [0.1, 0.15) is 22.3 Å². The summed E-state index contributed by atoms with van der Waals surface area (Å²) < 4.78 is 81.7. The molecule has 2 aromatic carbocycles. The summed E-state index contributed by atoms with van der Waals surface area (Å²) in [6.45, 7) is -0.146. The number of anilines is 1. The molecule has 4 rings (SSSR count). The van der Waals surface area contributed by atoms with Crippen LogP contribution in [0.3, 0.4) is 0 Å². The van der Waals surface area contributed by atoms with Crippen molar-refractivity contribution < 1.29 is 26.3 Å². The standard InChI is InChI=1S/C21H18F6N6/c1-31-11-14(17-5-3-4-6-18(17)31)12-33(19-28-30-32(2)29-19)10-13-7-15(20(22,23)24)9-16(8-13)21(25,26)27/h3-9,11H,10,12H2,1-2H3. The van der Waals surface area contributed by atoms with Crippen molar-refractivity contribution in [3.05, 3.63) is 70.9 Å². The van der Waals surface area contributed by atoms with Gasteiger partial charge in [-0.2, -0.15) is 31.1 Å². The van der Waals surface area contributed by atoms with Gasteiger partial charge in [0.1, 0.15) is 0 Å². The number of hydrogen-bond acceptors (Lipinski definition) is 4. The molecule has 0 saturated heterocycles. The van der Waals surface area contributed by atoms with Gasteiger partial charge in [-0.25, -0.2) is 0 Å². The number of alkyl halides is 6. The fourth-order valence-corrected chi connectivity index (χ4v) is 3.69. The van der Waals surface area contributed by atoms with Crippen LogP contribution in [0.4, 0.5) is 32.3 Å². The molecule has 0 bridgehead atoms. The normalized spacial score (nSPS) is 12.5. The van der Waals surface area contributed by atoms with Crippen LogP contribution in [0.2, 0.25) is 0 Å². The van der Waals surface area contributed by atoms with Crippen LogP contribution in [0.25, 0.3) is 10.9 Å². The third-order valence-electron chi connectivity index (χ3n) is 5.14. The molecule has 4 aromatic rings. The van der Waals surface area contributed by atoms with Crippen molar-refractivity contribution >= 4 is 16.9 Å². The van der Waals surface area contributed by atoms with Gasteiger partial charge < -0.3 is 9.47 Å². The Morgan fingerprint density at radius 2 is 1.52 bits per heavy atom. The molecule has 2 aromatic heterocycles. The van der Waals surface area contributed by atoms with Crippen molar-refractivity contribution in [2.75, 3.05) is 4.90 Å². The lowest BCUT2D eigenvalue weighted by Crippen LogP contribution is -2.24. The maximum absolute atomic E-state index is 13.3. The van der Waals surface area contributed by atoms with Crippen LogP contribution in [-0.4, -0.2) is 24.8 Å². The molecule has 33 heavy (non-hydrogen) atoms. The number of rotatable bonds is 5. The Hall–Kier alpha value is -3.57. The van der Waals surface area contributed by atoms with E-state index in [-0.39, 0.29) is 30.7 Å². The number of benzene rings is 2. The minimum Gasteiger partial charge on any atom is -0.350 e. The van der Waals surface area contributed by atoms with Gasteiger partial charge in [0.2, 0.25) is 0 Å². The van der Waals surface area contributed by atoms with Crippen LogP contribution in [-0.2, 0) is 39.5 Å². The van der Waals surface area contributed by atoms with Crippen molar-refractivity contribution in [1.29, 1.82) is 0 Å². The largest absolute Gasteiger partial charge is 0.416 e. The van der Waals surface area contributed by atoms with E-state index in [4.69, 9.17) is 0 Å². The monoisotopic (exact) mass is 468 g/mol. The number of aromatic nitrogens is 5. The average molecular weight is 468 g/mol. The molecule has 0 amide bonds. The van der Waals surface area contributed by atoms with Gasteiger partial charge in [0, 0.05) is 37.2 Å². The number of hydrogen-bond donors (Lipinski definition) is 0. The molecule has 0 fully saturated rings. The summed E-state index contributed by atoms with van der Waals surface area (Å²) in [5, 5.41) is 12.7. The first-order valence-electron chi connectivity index (χ1n) is 9.72. The fourth-order valence-electron chi connectivity index (χ4n) is 3.69. The molecule has 0 N–H and O–H groups in total. The molecular weight excluding hydrogens is 450 g/mol. The number of tetrazole rings is 1. The first kappa shape index (κ1) is 22.6. The summed E-state index contributed by atoms with van der Waals surface area (Å²) in [7, 11) is 3.36. The first-order valence-corrected chi connectivity index (χ1v) is 9.72. The summed E-state index contributed by atoms with van der Waals surface area (Å²) in [6.07, 6.45) is -8.01. The van der Waals surface area contributed by atoms with E-state index in [1.54, 1.807) is 0 Å². The predicted octanol–water partition coefficient (Wildman–Crippen LogP) is 4.95. The summed E-state index contributed by atoms with van der Waals surface area (Å²) in [5.41, 5.74) is -1.18. The molecule has 0 radical (unpaired) electrons. The molecule has 6 nitrogen and oxygen atoms in total. The van der Waals surface area contributed by atoms with Gasteiger partial charge in [-0.15, -0.1) is 5.10 Å². The topological polar surface area (TPSA) is 51.8 Å². The number of aryl methyl sites for hydroxylation is 2. The van der Waals surface area contributed by atoms with Crippen molar-refractivity contribution in [1.82, 2.24) is 24.8 Å². The molecule has 0 aliphatic heterocycles. The lowest BCUT2D eigenvalue weighted by atomic mass is 10.0. The molecule has 0 aliphatic carbocycles. The Morgan fingerprint density at radius 1 is 0.879 bits per heavy atom. The quantitative estimate of drug-likeness (QED) is 0.389. The fraction of sp³-hybridized carbons (Fsp3) is 0.286. The van der Waals surface area contributed by atoms with E-state index < -0.39 is 23.5 Å². The molecule has 0 atom stereocenters. The van der Waals surface area contributed by atoms with Crippen LogP contribution in [0.15, 0.2) is 48.7 Å². The molecule has 0 spiro atoms. The van der Waals surface area contributed by atoms with Crippen LogP contribution >= 0.6 is 0 Å². The minimum atomic E-state index is -4.93. The highest BCUT2D eigenvalue weighted by Crippen LogP contribution is 2.37. The summed E-state index contributed by atoms with van der Waals surface area (Å²) in [4.78, 5) is 2.66. The third kappa shape index (κ3) is 4.78. The molecule has 0 aliphatic rings. The number of nitrogens with zero attached hydrogens (tertiary/aromatic N) is 6. The molecule has 0 unspecified atom stereocenters. The van der Waals surface area contributed by atoms with Crippen molar-refractivity contribution in [3.8, 4) is 0 Å². The lowest BCUT2D eigenvalue weighted by Gasteiger charge is -2.22. The second kappa shape index (κ2) is 8.09. The van der Waals surface area contributed by atoms with E-state index in [9.17, 15) is 26.3 Å². The third-order valence-corrected chi connectivity index (χ3v) is 5.14. The van der Waals surface area contributed by atoms with Gasteiger partial charge >= 0.3 is 12.4 Å². The second-order valence-electron chi connectivity index (χ2n) is 7.63. The number of fused-ring (bicyclic) bond motifs is 1. The van der Waals surface area contributed by atoms with Gasteiger partial charge in [-0.05, 0) is 40.6 Å². The van der Waals surface area contributed by atoms with E-state index in [0.717, 1.165) is 16.5 Å². The molecule has 0 saturated carbocycles. The number of halogens is 6. The number of para-hydroxylation sites is 1. The van der Waals surface area contributed by atoms with Crippen LogP contribution < -0.4 is 4.90 Å². The van der Waals surface area contributed by atoms with Gasteiger partial charge in [0.25, 0.3) is 5.95 Å². The lowest BCUT2D eigenvalue weighted by molar-refractivity contribution is -0.143. The van der Waals surface area contributed by atoms with Gasteiger partial charge in [-0.1, -0.05) is 23.3 Å². The zero-order chi connectivity index (χ0) is 24.0. The Kier molecular flexibility index (Phi) is 5.54. The average Bonchev–Trinajstić information content (AvgIpc) is 3.30. The molecular formula is C21H18F6N6. The zero-order valence-electron chi connectivity index (χ0n) is 17.5. The Bertz CT molecular complexity index is 1250. The molecule has 174 valence electrons. The minimum absolute atomic E-state index is 0.0800. The van der Waals surface area contributed by atoms with Gasteiger partial charge in [0.05, 0.1) is 18.2 Å². The Labute approximate surface area is 184 Å². The Balaban J connectivity index is 1.76. The van der Waals surface area contributed by atoms with Crippen molar-refractivity contribution in [2.24, 2.45) is 14.1 Å². The van der Waals surface area contributed by atoms with Gasteiger partial charge in [-0.3, -0.25) is 0 Å². The highest BCUT2D eigenvalue weighted by Gasteiger charge is 2.37. The first-order chi connectivity index (χ1) is 15.4. The smallest absolute Gasteiger partial charge is 0.350 e. The van der Waals surface area contributed by atoms with E-state index in [2.05, 4.69) is 15.4 Å². The summed E-state index contributed by atoms with van der Waals surface area (Å²) in [5.74, 6) is 0.0800. The SMILES string of the molecule is Cn1nnc(N(Cc2cc(C(F)(F)F)cc(C(F)(F)F)c2)Cc2cn(C)c3ccccc23)n1. The maximum Gasteiger partial charge on any atom is 0.416 e. The summed E-state index contributed by atoms with van der Waals surface area (Å²) in [6, 6.07) is 9.04. The van der Waals surface area contributed by atoms with Gasteiger partial charge in [0.15, 0.2) is 0 Å². The maximum atomic E-state index is 13.3. The second-order valence-corrected chi connectivity index (χ2v) is 7.63. The van der Waals surface area contributed by atoms with E-state index in [1.807, 2.05) is 42.1 Å². The van der Waals surface area contributed by atoms with E-state index >= 15 is 0 Å². The van der Waals surface area contributed by atoms with E-state index in [0.29, 0.717) is 12.1 Å². The highest BCUT2D eigenvalue weighted by molar-refractivity contribution is 5.84. The van der Waals surface area contributed by atoms with Crippen LogP contribution in [0, 0.1) is 0 Å². The van der Waals surface area contributed by atoms with Crippen molar-refractivity contribution in [3.63, 3.8) is 0 Å².